The molecule has 1 aliphatic rings. The van der Waals surface area contributed by atoms with Gasteiger partial charge in [0, 0.05) is 12.0 Å². The maximum absolute atomic E-state index is 14.2. The van der Waals surface area contributed by atoms with Gasteiger partial charge in [0.1, 0.15) is 0 Å². The fraction of sp³-hybridized carbons (Fsp3) is 0.500. The summed E-state index contributed by atoms with van der Waals surface area (Å²) in [4.78, 5) is 11.0. The van der Waals surface area contributed by atoms with Gasteiger partial charge in [0.25, 0.3) is 5.92 Å². The average Bonchev–Trinajstić information content (AvgIpc) is 2.73. The van der Waals surface area contributed by atoms with Crippen LogP contribution in [0.2, 0.25) is 0 Å². The maximum Gasteiger partial charge on any atom is 0.309 e. The molecule has 2 rings (SSSR count). The summed E-state index contributed by atoms with van der Waals surface area (Å²) in [6, 6.07) is 4.39. The van der Waals surface area contributed by atoms with Gasteiger partial charge in [0.2, 0.25) is 0 Å². The maximum atomic E-state index is 14.2. The molecule has 3 nitrogen and oxygen atoms in total. The van der Waals surface area contributed by atoms with Gasteiger partial charge in [-0.25, -0.2) is 8.78 Å². The van der Waals surface area contributed by atoms with Gasteiger partial charge < -0.3 is 9.84 Å². The SMILES string of the molecule is CC(C)(CC(F)(F)c1ccc2c(c1)COC2)C(=O)O. The number of halogens is 2. The van der Waals surface area contributed by atoms with Crippen molar-refractivity contribution in [3.05, 3.63) is 34.9 Å². The first-order valence-electron chi connectivity index (χ1n) is 6.04. The Bertz CT molecular complexity index is 509. The van der Waals surface area contributed by atoms with Crippen molar-refractivity contribution in [2.75, 3.05) is 0 Å². The van der Waals surface area contributed by atoms with E-state index in [0.29, 0.717) is 13.2 Å². The second kappa shape index (κ2) is 4.56. The number of hydrogen-bond acceptors (Lipinski definition) is 2. The lowest BCUT2D eigenvalue weighted by molar-refractivity contribution is -0.153. The molecular formula is C14H16F2O3. The number of fused-ring (bicyclic) bond motifs is 1. The Morgan fingerprint density at radius 3 is 2.58 bits per heavy atom. The number of carboxylic acids is 1. The molecule has 0 aliphatic carbocycles. The van der Waals surface area contributed by atoms with E-state index in [1.807, 2.05) is 0 Å². The van der Waals surface area contributed by atoms with Crippen molar-refractivity contribution in [2.45, 2.75) is 39.4 Å². The molecule has 1 heterocycles. The highest BCUT2D eigenvalue weighted by Crippen LogP contribution is 2.40. The summed E-state index contributed by atoms with van der Waals surface area (Å²) < 4.78 is 33.5. The van der Waals surface area contributed by atoms with Crippen LogP contribution in [0.5, 0.6) is 0 Å². The van der Waals surface area contributed by atoms with Gasteiger partial charge >= 0.3 is 5.97 Å². The first-order chi connectivity index (χ1) is 8.72. The summed E-state index contributed by atoms with van der Waals surface area (Å²) in [6.07, 6.45) is -0.727. The molecule has 0 saturated heterocycles. The molecule has 1 aromatic rings. The third-order valence-electron chi connectivity index (χ3n) is 3.39. The fourth-order valence-corrected chi connectivity index (χ4v) is 2.13. The van der Waals surface area contributed by atoms with E-state index < -0.39 is 23.7 Å². The van der Waals surface area contributed by atoms with Gasteiger partial charge in [0.15, 0.2) is 0 Å². The smallest absolute Gasteiger partial charge is 0.309 e. The Labute approximate surface area is 110 Å². The number of alkyl halides is 2. The fourth-order valence-electron chi connectivity index (χ4n) is 2.13. The van der Waals surface area contributed by atoms with Crippen LogP contribution in [0.4, 0.5) is 8.78 Å². The van der Waals surface area contributed by atoms with Crippen LogP contribution in [0.3, 0.4) is 0 Å². The largest absolute Gasteiger partial charge is 0.481 e. The molecule has 1 aliphatic heterocycles. The predicted octanol–water partition coefficient (Wildman–Crippen LogP) is 3.31. The van der Waals surface area contributed by atoms with Crippen molar-refractivity contribution in [1.82, 2.24) is 0 Å². The lowest BCUT2D eigenvalue weighted by atomic mass is 9.84. The molecule has 0 aromatic heterocycles. The molecule has 104 valence electrons. The van der Waals surface area contributed by atoms with Crippen LogP contribution in [-0.2, 0) is 28.7 Å². The first-order valence-corrected chi connectivity index (χ1v) is 6.04. The van der Waals surface area contributed by atoms with Gasteiger partial charge in [-0.2, -0.15) is 0 Å². The molecular weight excluding hydrogens is 254 g/mol. The Morgan fingerprint density at radius 1 is 1.32 bits per heavy atom. The number of rotatable bonds is 4. The molecule has 0 saturated carbocycles. The summed E-state index contributed by atoms with van der Waals surface area (Å²) in [5, 5.41) is 8.95. The first kappa shape index (κ1) is 13.9. The topological polar surface area (TPSA) is 46.5 Å². The Hall–Kier alpha value is -1.49. The van der Waals surface area contributed by atoms with Crippen LogP contribution in [0.15, 0.2) is 18.2 Å². The number of aliphatic carboxylic acids is 1. The van der Waals surface area contributed by atoms with Gasteiger partial charge in [-0.05, 0) is 31.0 Å². The summed E-state index contributed by atoms with van der Waals surface area (Å²) in [5.41, 5.74) is 0.0485. The number of benzene rings is 1. The molecule has 0 radical (unpaired) electrons. The molecule has 0 unspecified atom stereocenters. The quantitative estimate of drug-likeness (QED) is 0.913. The Kier molecular flexibility index (Phi) is 3.34. The van der Waals surface area contributed by atoms with Gasteiger partial charge in [-0.1, -0.05) is 12.1 Å². The molecule has 0 spiro atoms. The highest BCUT2D eigenvalue weighted by Gasteiger charge is 2.42. The van der Waals surface area contributed by atoms with Crippen LogP contribution < -0.4 is 0 Å². The van der Waals surface area contributed by atoms with Crippen LogP contribution in [0.25, 0.3) is 0 Å². The van der Waals surface area contributed by atoms with Crippen molar-refractivity contribution in [2.24, 2.45) is 5.41 Å². The molecule has 0 bridgehead atoms. The van der Waals surface area contributed by atoms with E-state index in [4.69, 9.17) is 9.84 Å². The van der Waals surface area contributed by atoms with E-state index in [1.54, 1.807) is 6.07 Å². The van der Waals surface area contributed by atoms with E-state index in [9.17, 15) is 13.6 Å². The summed E-state index contributed by atoms with van der Waals surface area (Å²) >= 11 is 0. The lowest BCUT2D eigenvalue weighted by Crippen LogP contribution is -2.31. The monoisotopic (exact) mass is 270 g/mol. The average molecular weight is 270 g/mol. The molecule has 0 fully saturated rings. The van der Waals surface area contributed by atoms with Crippen molar-refractivity contribution in [3.63, 3.8) is 0 Å². The third-order valence-corrected chi connectivity index (χ3v) is 3.39. The second-order valence-corrected chi connectivity index (χ2v) is 5.55. The molecule has 0 amide bonds. The highest BCUT2D eigenvalue weighted by molar-refractivity contribution is 5.73. The summed E-state index contributed by atoms with van der Waals surface area (Å²) in [5.74, 6) is -4.39. The van der Waals surface area contributed by atoms with E-state index in [1.165, 1.54) is 26.0 Å². The molecule has 5 heteroatoms. The summed E-state index contributed by atoms with van der Waals surface area (Å²) in [7, 11) is 0. The van der Waals surface area contributed by atoms with Crippen molar-refractivity contribution in [3.8, 4) is 0 Å². The van der Waals surface area contributed by atoms with E-state index in [2.05, 4.69) is 0 Å². The van der Waals surface area contributed by atoms with Crippen LogP contribution in [0.1, 0.15) is 37.0 Å². The van der Waals surface area contributed by atoms with Crippen molar-refractivity contribution >= 4 is 5.97 Å². The minimum absolute atomic E-state index is 0.147. The van der Waals surface area contributed by atoms with Crippen molar-refractivity contribution in [1.29, 1.82) is 0 Å². The normalized spacial score (nSPS) is 15.4. The Balaban J connectivity index is 2.27. The van der Waals surface area contributed by atoms with Crippen LogP contribution in [0, 0.1) is 5.41 Å². The van der Waals surface area contributed by atoms with Gasteiger partial charge in [0.05, 0.1) is 18.6 Å². The molecule has 1 aromatic carbocycles. The lowest BCUT2D eigenvalue weighted by Gasteiger charge is -2.26. The molecule has 19 heavy (non-hydrogen) atoms. The molecule has 1 N–H and O–H groups in total. The van der Waals surface area contributed by atoms with Crippen LogP contribution >= 0.6 is 0 Å². The number of hydrogen-bond donors (Lipinski definition) is 1. The third kappa shape index (κ3) is 2.76. The number of carboxylic acid groups (broad SMARTS) is 1. The number of carbonyl (C=O) groups is 1. The minimum atomic E-state index is -3.17. The van der Waals surface area contributed by atoms with Crippen LogP contribution in [-0.4, -0.2) is 11.1 Å². The Morgan fingerprint density at radius 2 is 1.95 bits per heavy atom. The standard InChI is InChI=1S/C14H16F2O3/c1-13(2,12(17)18)8-14(15,16)11-4-3-9-6-19-7-10(9)5-11/h3-5H,6-8H2,1-2H3,(H,17,18). The zero-order valence-corrected chi connectivity index (χ0v) is 10.9. The van der Waals surface area contributed by atoms with E-state index in [0.717, 1.165) is 11.1 Å². The van der Waals surface area contributed by atoms with Crippen molar-refractivity contribution < 1.29 is 23.4 Å². The highest BCUT2D eigenvalue weighted by atomic mass is 19.3. The van der Waals surface area contributed by atoms with E-state index in [-0.39, 0.29) is 5.56 Å². The summed E-state index contributed by atoms with van der Waals surface area (Å²) in [6.45, 7) is 3.39. The predicted molar refractivity (Wildman–Crippen MR) is 64.9 cm³/mol. The number of ether oxygens (including phenoxy) is 1. The zero-order valence-electron chi connectivity index (χ0n) is 10.9. The minimum Gasteiger partial charge on any atom is -0.481 e. The molecule has 0 atom stereocenters. The van der Waals surface area contributed by atoms with E-state index >= 15 is 0 Å². The second-order valence-electron chi connectivity index (χ2n) is 5.55. The van der Waals surface area contributed by atoms with Gasteiger partial charge in [-0.15, -0.1) is 0 Å². The zero-order chi connectivity index (χ0) is 14.3. The van der Waals surface area contributed by atoms with Gasteiger partial charge in [-0.3, -0.25) is 4.79 Å².